The Balaban J connectivity index is 1.31. The standard InChI is InChI=1S/C17H21N7O2S2/c1-2-26-16(25)18-15-20-21-17(28-15)27-12-8-4-7-11-24-22-14(19-23-24)13-9-5-3-6-10-13/h3,5-6,9-10H,2,4,7-8,11-12H2,1H3,(H,18,20,25). The van der Waals surface area contributed by atoms with Crippen LogP contribution in [-0.2, 0) is 11.3 Å². The number of nitrogens with zero attached hydrogens (tertiary/aromatic N) is 6. The lowest BCUT2D eigenvalue weighted by Crippen LogP contribution is -2.12. The van der Waals surface area contributed by atoms with E-state index in [1.807, 2.05) is 30.3 Å². The van der Waals surface area contributed by atoms with Crippen LogP contribution in [0.3, 0.4) is 0 Å². The molecule has 9 nitrogen and oxygen atoms in total. The lowest BCUT2D eigenvalue weighted by atomic mass is 10.2. The number of rotatable bonds is 10. The monoisotopic (exact) mass is 419 g/mol. The predicted octanol–water partition coefficient (Wildman–Crippen LogP) is 3.72. The molecule has 2 heterocycles. The van der Waals surface area contributed by atoms with Crippen LogP contribution in [-0.4, -0.2) is 48.9 Å². The van der Waals surface area contributed by atoms with Crippen molar-refractivity contribution in [3.05, 3.63) is 30.3 Å². The van der Waals surface area contributed by atoms with Gasteiger partial charge in [0, 0.05) is 11.3 Å². The summed E-state index contributed by atoms with van der Waals surface area (Å²) in [6.45, 7) is 2.82. The van der Waals surface area contributed by atoms with Crippen molar-refractivity contribution >= 4 is 34.3 Å². The van der Waals surface area contributed by atoms with E-state index in [1.54, 1.807) is 23.5 Å². The molecule has 0 unspecified atom stereocenters. The van der Waals surface area contributed by atoms with Crippen molar-refractivity contribution < 1.29 is 9.53 Å². The number of amides is 1. The molecule has 11 heteroatoms. The van der Waals surface area contributed by atoms with E-state index in [-0.39, 0.29) is 0 Å². The van der Waals surface area contributed by atoms with Crippen molar-refractivity contribution in [1.29, 1.82) is 0 Å². The first kappa shape index (κ1) is 20.2. The molecule has 0 saturated heterocycles. The number of aryl methyl sites for hydroxylation is 1. The van der Waals surface area contributed by atoms with Crippen LogP contribution in [0.25, 0.3) is 11.4 Å². The van der Waals surface area contributed by atoms with E-state index in [2.05, 4.69) is 30.9 Å². The number of tetrazole rings is 1. The Morgan fingerprint density at radius 2 is 2.04 bits per heavy atom. The van der Waals surface area contributed by atoms with Crippen LogP contribution in [0.2, 0.25) is 0 Å². The fourth-order valence-corrected chi connectivity index (χ4v) is 4.11. The van der Waals surface area contributed by atoms with E-state index < -0.39 is 6.09 Å². The number of hydrogen-bond acceptors (Lipinski definition) is 9. The Labute approximate surface area is 170 Å². The first-order valence-corrected chi connectivity index (χ1v) is 10.8. The van der Waals surface area contributed by atoms with Crippen LogP contribution in [0.4, 0.5) is 9.93 Å². The third kappa shape index (κ3) is 6.27. The van der Waals surface area contributed by atoms with E-state index in [9.17, 15) is 4.79 Å². The van der Waals surface area contributed by atoms with Crippen LogP contribution in [0, 0.1) is 0 Å². The number of aromatic nitrogens is 6. The molecular formula is C17H21N7O2S2. The summed E-state index contributed by atoms with van der Waals surface area (Å²) in [5.74, 6) is 1.59. The number of thioether (sulfide) groups is 1. The SMILES string of the molecule is CCOC(=O)Nc1nnc(SCCCCCn2nnc(-c3ccccc3)n2)s1. The summed E-state index contributed by atoms with van der Waals surface area (Å²) in [5.41, 5.74) is 0.971. The van der Waals surface area contributed by atoms with Gasteiger partial charge in [-0.1, -0.05) is 59.9 Å². The van der Waals surface area contributed by atoms with Gasteiger partial charge in [-0.3, -0.25) is 5.32 Å². The van der Waals surface area contributed by atoms with Gasteiger partial charge in [0.1, 0.15) is 0 Å². The number of nitrogens with one attached hydrogen (secondary N) is 1. The number of benzene rings is 1. The van der Waals surface area contributed by atoms with Gasteiger partial charge in [0.25, 0.3) is 0 Å². The summed E-state index contributed by atoms with van der Waals surface area (Å²) in [5, 5.41) is 23.6. The molecule has 148 valence electrons. The quantitative estimate of drug-likeness (QED) is 0.301. The molecule has 1 amide bonds. The van der Waals surface area contributed by atoms with Gasteiger partial charge in [-0.15, -0.1) is 20.4 Å². The summed E-state index contributed by atoms with van der Waals surface area (Å²) in [6, 6.07) is 9.83. The fourth-order valence-electron chi connectivity index (χ4n) is 2.31. The van der Waals surface area contributed by atoms with Gasteiger partial charge < -0.3 is 4.74 Å². The molecule has 0 aliphatic rings. The minimum Gasteiger partial charge on any atom is -0.450 e. The van der Waals surface area contributed by atoms with Gasteiger partial charge in [0.05, 0.1) is 13.2 Å². The maximum absolute atomic E-state index is 11.3. The molecule has 0 aliphatic carbocycles. The van der Waals surface area contributed by atoms with Gasteiger partial charge in [-0.25, -0.2) is 4.79 Å². The van der Waals surface area contributed by atoms with Crippen molar-refractivity contribution in [2.45, 2.75) is 37.1 Å². The highest BCUT2D eigenvalue weighted by Crippen LogP contribution is 2.26. The van der Waals surface area contributed by atoms with E-state index in [4.69, 9.17) is 4.74 Å². The molecule has 28 heavy (non-hydrogen) atoms. The zero-order valence-electron chi connectivity index (χ0n) is 15.4. The Kier molecular flexibility index (Phi) is 7.73. The lowest BCUT2D eigenvalue weighted by molar-refractivity contribution is 0.168. The molecule has 1 aromatic carbocycles. The van der Waals surface area contributed by atoms with E-state index in [0.717, 1.165) is 41.5 Å². The molecule has 0 saturated carbocycles. The topological polar surface area (TPSA) is 108 Å². The van der Waals surface area contributed by atoms with Crippen LogP contribution in [0.1, 0.15) is 26.2 Å². The second kappa shape index (κ2) is 10.7. The maximum Gasteiger partial charge on any atom is 0.413 e. The first-order chi connectivity index (χ1) is 13.7. The van der Waals surface area contributed by atoms with Crippen LogP contribution in [0.5, 0.6) is 0 Å². The molecule has 1 N–H and O–H groups in total. The second-order valence-corrected chi connectivity index (χ2v) is 8.02. The minimum absolute atomic E-state index is 0.323. The molecule has 3 rings (SSSR count). The largest absolute Gasteiger partial charge is 0.450 e. The highest BCUT2D eigenvalue weighted by molar-refractivity contribution is 8.01. The normalized spacial score (nSPS) is 10.8. The Morgan fingerprint density at radius 3 is 2.86 bits per heavy atom. The van der Waals surface area contributed by atoms with Gasteiger partial charge in [0.2, 0.25) is 11.0 Å². The molecule has 0 atom stereocenters. The van der Waals surface area contributed by atoms with E-state index >= 15 is 0 Å². The maximum atomic E-state index is 11.3. The molecule has 0 fully saturated rings. The van der Waals surface area contributed by atoms with Crippen LogP contribution in [0.15, 0.2) is 34.7 Å². The highest BCUT2D eigenvalue weighted by Gasteiger charge is 2.09. The van der Waals surface area contributed by atoms with Gasteiger partial charge >= 0.3 is 6.09 Å². The minimum atomic E-state index is -0.507. The number of unbranched alkanes of at least 4 members (excludes halogenated alkanes) is 2. The Morgan fingerprint density at radius 1 is 1.18 bits per heavy atom. The highest BCUT2D eigenvalue weighted by atomic mass is 32.2. The first-order valence-electron chi connectivity index (χ1n) is 8.98. The predicted molar refractivity (Wildman–Crippen MR) is 108 cm³/mol. The summed E-state index contributed by atoms with van der Waals surface area (Å²) in [7, 11) is 0. The lowest BCUT2D eigenvalue weighted by Gasteiger charge is -2.00. The zero-order valence-corrected chi connectivity index (χ0v) is 17.1. The van der Waals surface area contributed by atoms with E-state index in [0.29, 0.717) is 17.6 Å². The average Bonchev–Trinajstić information content (AvgIpc) is 3.35. The van der Waals surface area contributed by atoms with Crippen molar-refractivity contribution in [2.75, 3.05) is 17.7 Å². The van der Waals surface area contributed by atoms with Gasteiger partial charge in [0.15, 0.2) is 4.34 Å². The molecule has 0 radical (unpaired) electrons. The molecule has 2 aromatic heterocycles. The smallest absolute Gasteiger partial charge is 0.413 e. The second-order valence-electron chi connectivity index (χ2n) is 5.70. The summed E-state index contributed by atoms with van der Waals surface area (Å²) >= 11 is 2.98. The number of ether oxygens (including phenoxy) is 1. The van der Waals surface area contributed by atoms with Crippen LogP contribution < -0.4 is 5.32 Å². The zero-order chi connectivity index (χ0) is 19.6. The third-order valence-corrected chi connectivity index (χ3v) is 5.66. The fraction of sp³-hybridized carbons (Fsp3) is 0.412. The number of carbonyl (C=O) groups excluding carboxylic acids is 1. The molecule has 3 aromatic rings. The summed E-state index contributed by atoms with van der Waals surface area (Å²) in [6.07, 6.45) is 2.58. The summed E-state index contributed by atoms with van der Waals surface area (Å²) in [4.78, 5) is 13.0. The van der Waals surface area contributed by atoms with Gasteiger partial charge in [-0.2, -0.15) is 4.80 Å². The average molecular weight is 420 g/mol. The molecule has 0 bridgehead atoms. The Hall–Kier alpha value is -2.53. The van der Waals surface area contributed by atoms with Crippen LogP contribution >= 0.6 is 23.1 Å². The molecular weight excluding hydrogens is 398 g/mol. The molecule has 0 aliphatic heterocycles. The van der Waals surface area contributed by atoms with Crippen molar-refractivity contribution in [1.82, 2.24) is 30.4 Å². The van der Waals surface area contributed by atoms with Gasteiger partial charge in [-0.05, 0) is 25.0 Å². The van der Waals surface area contributed by atoms with Crippen molar-refractivity contribution in [3.8, 4) is 11.4 Å². The van der Waals surface area contributed by atoms with Crippen molar-refractivity contribution in [3.63, 3.8) is 0 Å². The van der Waals surface area contributed by atoms with Crippen molar-refractivity contribution in [2.24, 2.45) is 0 Å². The number of hydrogen-bond donors (Lipinski definition) is 1. The Bertz CT molecular complexity index is 869. The third-order valence-electron chi connectivity index (χ3n) is 3.60. The number of carbonyl (C=O) groups is 1. The summed E-state index contributed by atoms with van der Waals surface area (Å²) < 4.78 is 5.64. The number of anilines is 1. The molecule has 0 spiro atoms. The van der Waals surface area contributed by atoms with E-state index in [1.165, 1.54) is 11.3 Å².